The molecule has 3 heterocycles. The van der Waals surface area contributed by atoms with Crippen LogP contribution in [-0.2, 0) is 48.7 Å². The standard InChI is InChI=1S/C34H45N5O8S/c1-4-23-16-34(23,31(42)36-48(45,46)25-12-13-25)17-29(40)28-15-24-19-39(28)30(41)27(5-2)35-32(43)37(3)14-7-6-9-21-10-8-11-22-18-38(20-26(21)22)33(44)47-24/h4,8,10-11,23-25,27-28H,1,5-7,9,12-20H2,2-3H3,(H,35,43)(H,36,42)/t23-,24-,27+,28+,34-/m1/s1. The summed E-state index contributed by atoms with van der Waals surface area (Å²) in [7, 11) is -2.16. The van der Waals surface area contributed by atoms with Gasteiger partial charge in [0.15, 0.2) is 5.78 Å². The molecule has 260 valence electrons. The number of nitrogens with one attached hydrogen (secondary N) is 2. The van der Waals surface area contributed by atoms with Gasteiger partial charge < -0.3 is 19.9 Å². The topological polar surface area (TPSA) is 162 Å². The number of benzene rings is 1. The molecule has 1 aromatic rings. The first-order valence-corrected chi connectivity index (χ1v) is 18.5. The van der Waals surface area contributed by atoms with Gasteiger partial charge in [-0.15, -0.1) is 6.58 Å². The highest BCUT2D eigenvalue weighted by Gasteiger charge is 2.61. The fourth-order valence-electron chi connectivity index (χ4n) is 7.38. The molecule has 48 heavy (non-hydrogen) atoms. The summed E-state index contributed by atoms with van der Waals surface area (Å²) in [5.74, 6) is -2.06. The summed E-state index contributed by atoms with van der Waals surface area (Å²) in [6, 6.07) is 3.66. The van der Waals surface area contributed by atoms with E-state index < -0.39 is 74.5 Å². The molecule has 2 saturated carbocycles. The lowest BCUT2D eigenvalue weighted by atomic mass is 9.91. The van der Waals surface area contributed by atoms with Crippen molar-refractivity contribution >= 4 is 39.7 Å². The Morgan fingerprint density at radius 2 is 1.90 bits per heavy atom. The van der Waals surface area contributed by atoms with Crippen LogP contribution in [0.1, 0.15) is 75.0 Å². The predicted octanol–water partition coefficient (Wildman–Crippen LogP) is 2.62. The number of ether oxygens (including phenoxy) is 1. The number of hydrogen-bond acceptors (Lipinski definition) is 8. The van der Waals surface area contributed by atoms with Crippen molar-refractivity contribution in [1.29, 1.82) is 0 Å². The van der Waals surface area contributed by atoms with Crippen LogP contribution >= 0.6 is 0 Å². The lowest BCUT2D eigenvalue weighted by Crippen LogP contribution is -2.54. The molecule has 2 aliphatic carbocycles. The predicted molar refractivity (Wildman–Crippen MR) is 175 cm³/mol. The van der Waals surface area contributed by atoms with Crippen LogP contribution < -0.4 is 10.0 Å². The van der Waals surface area contributed by atoms with Gasteiger partial charge in [-0.3, -0.25) is 24.0 Å². The normalized spacial score (nSPS) is 29.5. The first-order chi connectivity index (χ1) is 22.9. The van der Waals surface area contributed by atoms with E-state index >= 15 is 0 Å². The number of sulfonamides is 1. The Morgan fingerprint density at radius 3 is 2.58 bits per heavy atom. The van der Waals surface area contributed by atoms with E-state index in [1.807, 2.05) is 12.1 Å². The zero-order valence-electron chi connectivity index (χ0n) is 27.6. The molecule has 6 rings (SSSR count). The van der Waals surface area contributed by atoms with E-state index in [0.29, 0.717) is 32.5 Å². The van der Waals surface area contributed by atoms with Crippen LogP contribution in [-0.4, -0.2) is 96.4 Å². The molecule has 1 saturated heterocycles. The maximum atomic E-state index is 14.1. The molecule has 2 N–H and O–H groups in total. The number of carbonyl (C=O) groups is 5. The molecule has 5 aliphatic rings. The van der Waals surface area contributed by atoms with Crippen molar-refractivity contribution in [2.45, 2.75) is 101 Å². The van der Waals surface area contributed by atoms with Gasteiger partial charge in [0.25, 0.3) is 0 Å². The number of amides is 5. The molecule has 5 atom stereocenters. The minimum atomic E-state index is -3.84. The number of Topliss-reactive ketones (excluding diaryl/α,β-unsaturated/α-hetero) is 1. The summed E-state index contributed by atoms with van der Waals surface area (Å²) in [4.78, 5) is 72.6. The highest BCUT2D eigenvalue weighted by Crippen LogP contribution is 2.57. The van der Waals surface area contributed by atoms with Gasteiger partial charge in [-0.05, 0) is 67.6 Å². The number of allylic oxidation sites excluding steroid dienone is 1. The van der Waals surface area contributed by atoms with Crippen LogP contribution in [0, 0.1) is 11.3 Å². The summed E-state index contributed by atoms with van der Waals surface area (Å²) in [6.07, 6.45) is 3.79. The summed E-state index contributed by atoms with van der Waals surface area (Å²) in [5.41, 5.74) is 2.01. The molecular formula is C34H45N5O8S. The number of hydrogen-bond donors (Lipinski definition) is 2. The molecule has 14 heteroatoms. The molecule has 0 unspecified atom stereocenters. The maximum Gasteiger partial charge on any atom is 0.410 e. The third kappa shape index (κ3) is 6.68. The Bertz CT molecular complexity index is 1630. The minimum Gasteiger partial charge on any atom is -0.444 e. The Morgan fingerprint density at radius 1 is 1.15 bits per heavy atom. The van der Waals surface area contributed by atoms with Crippen molar-refractivity contribution in [1.82, 2.24) is 24.7 Å². The second kappa shape index (κ2) is 13.2. The summed E-state index contributed by atoms with van der Waals surface area (Å²) in [5, 5.41) is 2.21. The van der Waals surface area contributed by atoms with E-state index in [9.17, 15) is 32.4 Å². The van der Waals surface area contributed by atoms with Gasteiger partial charge >= 0.3 is 12.1 Å². The van der Waals surface area contributed by atoms with E-state index in [0.717, 1.165) is 36.0 Å². The Balaban J connectivity index is 1.25. The summed E-state index contributed by atoms with van der Waals surface area (Å²) >= 11 is 0. The molecule has 0 radical (unpaired) electrons. The first kappa shape index (κ1) is 33.9. The van der Waals surface area contributed by atoms with Crippen LogP contribution in [0.15, 0.2) is 30.9 Å². The molecule has 0 aromatic heterocycles. The van der Waals surface area contributed by atoms with E-state index in [2.05, 4.69) is 22.7 Å². The lowest BCUT2D eigenvalue weighted by Gasteiger charge is -2.30. The third-order valence-corrected chi connectivity index (χ3v) is 12.4. The van der Waals surface area contributed by atoms with Gasteiger partial charge in [0.05, 0.1) is 23.3 Å². The number of carbonyl (C=O) groups excluding carboxylic acids is 5. The molecule has 0 spiro atoms. The second-order valence-corrected chi connectivity index (χ2v) is 15.9. The van der Waals surface area contributed by atoms with Crippen molar-refractivity contribution in [3.05, 3.63) is 47.5 Å². The van der Waals surface area contributed by atoms with Crippen molar-refractivity contribution < 1.29 is 37.1 Å². The second-order valence-electron chi connectivity index (χ2n) is 14.0. The van der Waals surface area contributed by atoms with Gasteiger partial charge in [0, 0.05) is 39.5 Å². The van der Waals surface area contributed by atoms with Gasteiger partial charge in [0.2, 0.25) is 21.8 Å². The van der Waals surface area contributed by atoms with E-state index in [1.54, 1.807) is 29.8 Å². The zero-order chi connectivity index (χ0) is 34.4. The average molecular weight is 684 g/mol. The van der Waals surface area contributed by atoms with E-state index in [1.165, 1.54) is 4.90 Å². The number of fused-ring (bicyclic) bond motifs is 3. The van der Waals surface area contributed by atoms with Crippen LogP contribution in [0.5, 0.6) is 0 Å². The molecular weight excluding hydrogens is 638 g/mol. The van der Waals surface area contributed by atoms with Gasteiger partial charge in [-0.1, -0.05) is 31.2 Å². The molecule has 5 amide bonds. The molecule has 1 aromatic carbocycles. The molecule has 3 aliphatic heterocycles. The smallest absolute Gasteiger partial charge is 0.410 e. The number of ketones is 1. The zero-order valence-corrected chi connectivity index (χ0v) is 28.4. The highest BCUT2D eigenvalue weighted by atomic mass is 32.2. The lowest BCUT2D eigenvalue weighted by molar-refractivity contribution is -0.140. The van der Waals surface area contributed by atoms with Crippen LogP contribution in [0.3, 0.4) is 0 Å². The monoisotopic (exact) mass is 683 g/mol. The van der Waals surface area contributed by atoms with E-state index in [-0.39, 0.29) is 32.2 Å². The Hall–Kier alpha value is -3.94. The minimum absolute atomic E-state index is 0.0173. The van der Waals surface area contributed by atoms with Crippen LogP contribution in [0.2, 0.25) is 0 Å². The Kier molecular flexibility index (Phi) is 9.31. The highest BCUT2D eigenvalue weighted by molar-refractivity contribution is 7.90. The van der Waals surface area contributed by atoms with Crippen molar-refractivity contribution in [3.8, 4) is 0 Å². The summed E-state index contributed by atoms with van der Waals surface area (Å²) in [6.45, 7) is 6.75. The van der Waals surface area contributed by atoms with Gasteiger partial charge in [-0.25, -0.2) is 18.0 Å². The van der Waals surface area contributed by atoms with Crippen LogP contribution in [0.4, 0.5) is 9.59 Å². The fraction of sp³-hybridized carbons (Fsp3) is 0.618. The quantitative estimate of drug-likeness (QED) is 0.395. The fourth-order valence-corrected chi connectivity index (χ4v) is 8.76. The number of urea groups is 1. The maximum absolute atomic E-state index is 14.1. The van der Waals surface area contributed by atoms with Gasteiger partial charge in [0.1, 0.15) is 12.1 Å². The van der Waals surface area contributed by atoms with Crippen LogP contribution in [0.25, 0.3) is 0 Å². The largest absolute Gasteiger partial charge is 0.444 e. The molecule has 13 nitrogen and oxygen atoms in total. The SMILES string of the molecule is C=C[C@@H]1C[C@]1(CC(=O)[C@@H]1C[C@@H]2CN1C(=O)[C@H](CC)NC(=O)N(C)CCCCc1cccc3c1CN(C3)C(=O)O2)C(=O)NS(=O)(=O)C1CC1. The summed E-state index contributed by atoms with van der Waals surface area (Å²) < 4.78 is 33.3. The van der Waals surface area contributed by atoms with Crippen molar-refractivity contribution in [2.75, 3.05) is 20.1 Å². The van der Waals surface area contributed by atoms with Gasteiger partial charge in [-0.2, -0.15) is 0 Å². The average Bonchev–Trinajstić information content (AvgIpc) is 3.95. The number of rotatable bonds is 8. The number of nitrogens with zero attached hydrogens (tertiary/aromatic N) is 3. The Labute approximate surface area is 281 Å². The molecule has 3 fully saturated rings. The number of aryl methyl sites for hydroxylation is 1. The van der Waals surface area contributed by atoms with Crippen molar-refractivity contribution in [2.24, 2.45) is 11.3 Å². The van der Waals surface area contributed by atoms with E-state index in [4.69, 9.17) is 4.74 Å². The third-order valence-electron chi connectivity index (χ3n) is 10.6. The molecule has 4 bridgehead atoms. The first-order valence-electron chi connectivity index (χ1n) is 17.0. The van der Waals surface area contributed by atoms with Crippen molar-refractivity contribution in [3.63, 3.8) is 0 Å².